The van der Waals surface area contributed by atoms with Crippen molar-refractivity contribution in [2.45, 2.75) is 13.3 Å². The lowest BCUT2D eigenvalue weighted by molar-refractivity contribution is -0.115. The number of anilines is 1. The smallest absolute Gasteiger partial charge is 0.273 e. The number of aromatic nitrogens is 2. The van der Waals surface area contributed by atoms with Gasteiger partial charge in [-0.3, -0.25) is 14.9 Å². The molecule has 8 nitrogen and oxygen atoms in total. The van der Waals surface area contributed by atoms with Gasteiger partial charge in [0.25, 0.3) is 5.91 Å². The Morgan fingerprint density at radius 1 is 0.903 bits per heavy atom. The molecule has 4 rings (SSSR count). The zero-order valence-corrected chi connectivity index (χ0v) is 16.8. The summed E-state index contributed by atoms with van der Waals surface area (Å²) in [6.07, 6.45) is 0.952. The summed E-state index contributed by atoms with van der Waals surface area (Å²) >= 11 is 0. The number of aryl methyl sites for hydroxylation is 1. The molecule has 8 heteroatoms. The Balaban J connectivity index is 1.31. The summed E-state index contributed by atoms with van der Waals surface area (Å²) in [7, 11) is 0. The fourth-order valence-corrected chi connectivity index (χ4v) is 2.93. The molecule has 0 saturated heterocycles. The molecule has 0 saturated carbocycles. The fraction of sp³-hybridized carbons (Fsp3) is 0.130. The molecular formula is C23H20N4O4. The SMILES string of the molecule is CCc1ccc(-c2cc(NC(=O)CNC(=O)c3cc(-c4ccccc4)on3)on2)cc1. The van der Waals surface area contributed by atoms with Gasteiger partial charge in [-0.05, 0) is 12.0 Å². The van der Waals surface area contributed by atoms with Crippen molar-refractivity contribution in [2.75, 3.05) is 11.9 Å². The molecule has 0 aliphatic heterocycles. The molecule has 2 aromatic heterocycles. The molecule has 0 radical (unpaired) electrons. The number of rotatable bonds is 7. The lowest BCUT2D eigenvalue weighted by atomic mass is 10.1. The van der Waals surface area contributed by atoms with E-state index in [0.29, 0.717) is 11.5 Å². The van der Waals surface area contributed by atoms with Gasteiger partial charge in [0.15, 0.2) is 11.5 Å². The van der Waals surface area contributed by atoms with Crippen LogP contribution in [0.1, 0.15) is 23.0 Å². The predicted octanol–water partition coefficient (Wildman–Crippen LogP) is 3.93. The first-order valence-electron chi connectivity index (χ1n) is 9.78. The topological polar surface area (TPSA) is 110 Å². The normalized spacial score (nSPS) is 10.6. The molecule has 156 valence electrons. The van der Waals surface area contributed by atoms with Crippen LogP contribution in [0.2, 0.25) is 0 Å². The van der Waals surface area contributed by atoms with Crippen LogP contribution in [0.25, 0.3) is 22.6 Å². The average Bonchev–Trinajstić information content (AvgIpc) is 3.48. The molecule has 2 heterocycles. The van der Waals surface area contributed by atoms with Crippen molar-refractivity contribution in [3.63, 3.8) is 0 Å². The van der Waals surface area contributed by atoms with Crippen molar-refractivity contribution in [2.24, 2.45) is 0 Å². The minimum Gasteiger partial charge on any atom is -0.355 e. The minimum absolute atomic E-state index is 0.0872. The fourth-order valence-electron chi connectivity index (χ4n) is 2.93. The Morgan fingerprint density at radius 3 is 2.42 bits per heavy atom. The number of carbonyl (C=O) groups excluding carboxylic acids is 2. The Bertz CT molecular complexity index is 1180. The molecule has 0 unspecified atom stereocenters. The quantitative estimate of drug-likeness (QED) is 0.472. The van der Waals surface area contributed by atoms with Crippen LogP contribution in [0.3, 0.4) is 0 Å². The molecule has 0 atom stereocenters. The van der Waals surface area contributed by atoms with Crippen LogP contribution in [0.15, 0.2) is 75.8 Å². The maximum absolute atomic E-state index is 12.2. The van der Waals surface area contributed by atoms with E-state index < -0.39 is 11.8 Å². The maximum Gasteiger partial charge on any atom is 0.273 e. The highest BCUT2D eigenvalue weighted by atomic mass is 16.5. The first kappa shape index (κ1) is 20.1. The lowest BCUT2D eigenvalue weighted by Crippen LogP contribution is -2.32. The Morgan fingerprint density at radius 2 is 1.68 bits per heavy atom. The van der Waals surface area contributed by atoms with Crippen molar-refractivity contribution in [3.05, 3.63) is 78.0 Å². The highest BCUT2D eigenvalue weighted by Crippen LogP contribution is 2.22. The molecule has 0 aliphatic carbocycles. The van der Waals surface area contributed by atoms with Crippen molar-refractivity contribution in [1.82, 2.24) is 15.6 Å². The summed E-state index contributed by atoms with van der Waals surface area (Å²) in [6.45, 7) is 1.83. The summed E-state index contributed by atoms with van der Waals surface area (Å²) in [5.41, 5.74) is 3.61. The van der Waals surface area contributed by atoms with E-state index in [-0.39, 0.29) is 18.1 Å². The highest BCUT2D eigenvalue weighted by molar-refractivity contribution is 5.98. The molecule has 31 heavy (non-hydrogen) atoms. The molecule has 0 spiro atoms. The average molecular weight is 416 g/mol. The number of hydrogen-bond donors (Lipinski definition) is 2. The standard InChI is InChI=1S/C23H20N4O4/c1-2-15-8-10-16(11-9-15)18-13-22(31-26-18)25-21(28)14-24-23(29)19-12-20(30-27-19)17-6-4-3-5-7-17/h3-13H,2,14H2,1H3,(H,24,29)(H,25,28). The molecule has 0 bridgehead atoms. The van der Waals surface area contributed by atoms with E-state index in [1.54, 1.807) is 6.07 Å². The van der Waals surface area contributed by atoms with Gasteiger partial charge in [0.05, 0.1) is 6.54 Å². The molecule has 2 aromatic carbocycles. The summed E-state index contributed by atoms with van der Waals surface area (Å²) in [5, 5.41) is 12.8. The van der Waals surface area contributed by atoms with E-state index >= 15 is 0 Å². The van der Waals surface area contributed by atoms with E-state index in [9.17, 15) is 9.59 Å². The molecule has 2 amide bonds. The van der Waals surface area contributed by atoms with Gasteiger partial charge in [-0.15, -0.1) is 0 Å². The van der Waals surface area contributed by atoms with Crippen LogP contribution in [0, 0.1) is 0 Å². The van der Waals surface area contributed by atoms with Crippen LogP contribution >= 0.6 is 0 Å². The van der Waals surface area contributed by atoms with Gasteiger partial charge in [0.1, 0.15) is 5.69 Å². The number of hydrogen-bond acceptors (Lipinski definition) is 6. The van der Waals surface area contributed by atoms with Crippen molar-refractivity contribution in [3.8, 4) is 22.6 Å². The number of nitrogens with one attached hydrogen (secondary N) is 2. The number of carbonyl (C=O) groups is 2. The number of amides is 2. The van der Waals surface area contributed by atoms with Gasteiger partial charge in [-0.1, -0.05) is 71.8 Å². The molecule has 4 aromatic rings. The van der Waals surface area contributed by atoms with Gasteiger partial charge in [0, 0.05) is 23.3 Å². The molecule has 0 aliphatic rings. The lowest BCUT2D eigenvalue weighted by Gasteiger charge is -2.02. The second-order valence-electron chi connectivity index (χ2n) is 6.80. The largest absolute Gasteiger partial charge is 0.355 e. The molecule has 2 N–H and O–H groups in total. The number of benzene rings is 2. The third-order valence-corrected chi connectivity index (χ3v) is 4.64. The van der Waals surface area contributed by atoms with Crippen molar-refractivity contribution >= 4 is 17.7 Å². The third-order valence-electron chi connectivity index (χ3n) is 4.64. The summed E-state index contributed by atoms with van der Waals surface area (Å²) in [4.78, 5) is 24.4. The van der Waals surface area contributed by atoms with Gasteiger partial charge in [-0.25, -0.2) is 0 Å². The predicted molar refractivity (Wildman–Crippen MR) is 114 cm³/mol. The van der Waals surface area contributed by atoms with Crippen LogP contribution in [-0.2, 0) is 11.2 Å². The van der Waals surface area contributed by atoms with Crippen LogP contribution in [-0.4, -0.2) is 28.7 Å². The molecule has 0 fully saturated rings. The zero-order valence-electron chi connectivity index (χ0n) is 16.8. The van der Waals surface area contributed by atoms with Gasteiger partial charge < -0.3 is 14.4 Å². The maximum atomic E-state index is 12.2. The van der Waals surface area contributed by atoms with E-state index in [1.807, 2.05) is 54.6 Å². The van der Waals surface area contributed by atoms with Crippen LogP contribution in [0.5, 0.6) is 0 Å². The zero-order chi connectivity index (χ0) is 21.6. The number of nitrogens with zero attached hydrogens (tertiary/aromatic N) is 2. The van der Waals surface area contributed by atoms with E-state index in [0.717, 1.165) is 17.5 Å². The van der Waals surface area contributed by atoms with Crippen molar-refractivity contribution < 1.29 is 18.6 Å². The highest BCUT2D eigenvalue weighted by Gasteiger charge is 2.15. The first-order chi connectivity index (χ1) is 15.1. The van der Waals surface area contributed by atoms with Crippen LogP contribution in [0.4, 0.5) is 5.88 Å². The first-order valence-corrected chi connectivity index (χ1v) is 9.78. The van der Waals surface area contributed by atoms with Gasteiger partial charge >= 0.3 is 0 Å². The monoisotopic (exact) mass is 416 g/mol. The summed E-state index contributed by atoms with van der Waals surface area (Å²) in [5.74, 6) is -0.308. The van der Waals surface area contributed by atoms with Crippen molar-refractivity contribution in [1.29, 1.82) is 0 Å². The Labute approximate surface area is 178 Å². The van der Waals surface area contributed by atoms with Crippen LogP contribution < -0.4 is 10.6 Å². The third kappa shape index (κ3) is 4.87. The van der Waals surface area contributed by atoms with Gasteiger partial charge in [0.2, 0.25) is 11.8 Å². The second-order valence-corrected chi connectivity index (χ2v) is 6.80. The van der Waals surface area contributed by atoms with E-state index in [2.05, 4.69) is 27.9 Å². The summed E-state index contributed by atoms with van der Waals surface area (Å²) in [6, 6.07) is 20.4. The van der Waals surface area contributed by atoms with E-state index in [1.165, 1.54) is 11.6 Å². The Kier molecular flexibility index (Phi) is 5.89. The summed E-state index contributed by atoms with van der Waals surface area (Å²) < 4.78 is 10.4. The Hall–Kier alpha value is -4.20. The molecular weight excluding hydrogens is 396 g/mol. The van der Waals surface area contributed by atoms with E-state index in [4.69, 9.17) is 9.05 Å². The second kappa shape index (κ2) is 9.08. The minimum atomic E-state index is -0.518. The van der Waals surface area contributed by atoms with Gasteiger partial charge in [-0.2, -0.15) is 0 Å².